The maximum Gasteiger partial charge on any atom is 0.338 e. The third-order valence-electron chi connectivity index (χ3n) is 2.23. The first-order valence-corrected chi connectivity index (χ1v) is 5.67. The molecular formula is C11H8BrF2NO2. The molecule has 3 nitrogen and oxygen atoms in total. The topological polar surface area (TPSA) is 50.1 Å². The second-order valence-corrected chi connectivity index (χ2v) is 3.65. The van der Waals surface area contributed by atoms with Gasteiger partial charge in [-0.15, -0.1) is 0 Å². The number of nitrogens with zero attached hydrogens (tertiary/aromatic N) is 1. The summed E-state index contributed by atoms with van der Waals surface area (Å²) in [6, 6.07) is 4.19. The number of ether oxygens (including phenoxy) is 1. The van der Waals surface area contributed by atoms with Gasteiger partial charge >= 0.3 is 5.97 Å². The van der Waals surface area contributed by atoms with E-state index in [1.165, 1.54) is 19.2 Å². The fourth-order valence-corrected chi connectivity index (χ4v) is 2.06. The Labute approximate surface area is 105 Å². The van der Waals surface area contributed by atoms with Crippen molar-refractivity contribution in [1.82, 2.24) is 0 Å². The highest BCUT2D eigenvalue weighted by Gasteiger charge is 2.23. The Morgan fingerprint density at radius 1 is 1.59 bits per heavy atom. The van der Waals surface area contributed by atoms with Gasteiger partial charge in [0.05, 0.1) is 24.3 Å². The molecular weight excluding hydrogens is 296 g/mol. The Balaban J connectivity index is 3.53. The van der Waals surface area contributed by atoms with E-state index in [0.717, 1.165) is 0 Å². The molecule has 17 heavy (non-hydrogen) atoms. The van der Waals surface area contributed by atoms with Gasteiger partial charge in [0.1, 0.15) is 0 Å². The Kier molecular flexibility index (Phi) is 4.58. The minimum absolute atomic E-state index is 0.0404. The second-order valence-electron chi connectivity index (χ2n) is 3.09. The molecule has 0 amide bonds. The van der Waals surface area contributed by atoms with Crippen molar-refractivity contribution < 1.29 is 18.3 Å². The van der Waals surface area contributed by atoms with Crippen LogP contribution in [-0.4, -0.2) is 13.1 Å². The number of hydrogen-bond donors (Lipinski definition) is 0. The van der Waals surface area contributed by atoms with Gasteiger partial charge < -0.3 is 4.74 Å². The molecule has 0 radical (unpaired) electrons. The number of hydrogen-bond acceptors (Lipinski definition) is 3. The summed E-state index contributed by atoms with van der Waals surface area (Å²) in [5.74, 6) is -0.703. The first-order chi connectivity index (χ1) is 8.06. The molecule has 0 saturated heterocycles. The number of esters is 1. The van der Waals surface area contributed by atoms with E-state index >= 15 is 0 Å². The van der Waals surface area contributed by atoms with Gasteiger partial charge in [-0.3, -0.25) is 0 Å². The number of methoxy groups -OCH3 is 1. The van der Waals surface area contributed by atoms with Crippen molar-refractivity contribution in [3.8, 4) is 6.07 Å². The van der Waals surface area contributed by atoms with Crippen LogP contribution in [0.2, 0.25) is 0 Å². The summed E-state index contributed by atoms with van der Waals surface area (Å²) in [4.78, 5) is 11.4. The van der Waals surface area contributed by atoms with Crippen molar-refractivity contribution >= 4 is 21.9 Å². The molecule has 0 aliphatic rings. The molecule has 6 heteroatoms. The molecule has 0 aromatic heterocycles. The van der Waals surface area contributed by atoms with E-state index in [1.54, 1.807) is 6.07 Å². The third kappa shape index (κ3) is 2.61. The van der Waals surface area contributed by atoms with Crippen molar-refractivity contribution in [3.05, 3.63) is 34.4 Å². The van der Waals surface area contributed by atoms with Crippen LogP contribution in [0, 0.1) is 11.3 Å². The van der Waals surface area contributed by atoms with Crippen molar-refractivity contribution in [2.24, 2.45) is 0 Å². The van der Waals surface area contributed by atoms with E-state index in [0.29, 0.717) is 0 Å². The number of alkyl halides is 3. The lowest BCUT2D eigenvalue weighted by Gasteiger charge is -2.12. The smallest absolute Gasteiger partial charge is 0.338 e. The number of nitriles is 1. The summed E-state index contributed by atoms with van der Waals surface area (Å²) >= 11 is 3.04. The average Bonchev–Trinajstić information content (AvgIpc) is 2.35. The van der Waals surface area contributed by atoms with Crippen LogP contribution in [0.15, 0.2) is 12.1 Å². The largest absolute Gasteiger partial charge is 0.465 e. The molecule has 0 saturated carbocycles. The minimum Gasteiger partial charge on any atom is -0.465 e. The summed E-state index contributed by atoms with van der Waals surface area (Å²) in [6.45, 7) is 0. The van der Waals surface area contributed by atoms with Gasteiger partial charge in [-0.05, 0) is 17.7 Å². The van der Waals surface area contributed by atoms with Gasteiger partial charge in [0.15, 0.2) is 0 Å². The normalized spacial score (nSPS) is 10.1. The molecule has 0 atom stereocenters. The number of carbonyl (C=O) groups excluding carboxylic acids is 1. The Morgan fingerprint density at radius 3 is 2.65 bits per heavy atom. The van der Waals surface area contributed by atoms with E-state index in [4.69, 9.17) is 5.26 Å². The quantitative estimate of drug-likeness (QED) is 0.636. The van der Waals surface area contributed by atoms with Gasteiger partial charge in [-0.1, -0.05) is 15.9 Å². The van der Waals surface area contributed by atoms with Crippen molar-refractivity contribution in [2.45, 2.75) is 11.8 Å². The summed E-state index contributed by atoms with van der Waals surface area (Å²) in [7, 11) is 1.17. The van der Waals surface area contributed by atoms with Gasteiger partial charge in [0, 0.05) is 10.9 Å². The Hall–Kier alpha value is -1.48. The molecule has 0 heterocycles. The zero-order valence-electron chi connectivity index (χ0n) is 8.84. The molecule has 0 N–H and O–H groups in total. The lowest BCUT2D eigenvalue weighted by atomic mass is 9.97. The van der Waals surface area contributed by atoms with E-state index in [-0.39, 0.29) is 22.0 Å². The van der Waals surface area contributed by atoms with E-state index in [9.17, 15) is 13.6 Å². The zero-order valence-corrected chi connectivity index (χ0v) is 10.4. The first kappa shape index (κ1) is 13.6. The van der Waals surface area contributed by atoms with Gasteiger partial charge in [0.25, 0.3) is 6.43 Å². The van der Waals surface area contributed by atoms with Gasteiger partial charge in [-0.2, -0.15) is 5.26 Å². The molecule has 0 spiro atoms. The van der Waals surface area contributed by atoms with Crippen LogP contribution < -0.4 is 0 Å². The highest BCUT2D eigenvalue weighted by molar-refractivity contribution is 9.08. The molecule has 1 rings (SSSR count). The third-order valence-corrected chi connectivity index (χ3v) is 2.80. The molecule has 0 bridgehead atoms. The van der Waals surface area contributed by atoms with Gasteiger partial charge in [-0.25, -0.2) is 13.6 Å². The van der Waals surface area contributed by atoms with Crippen LogP contribution in [-0.2, 0) is 10.1 Å². The molecule has 0 aliphatic carbocycles. The van der Waals surface area contributed by atoms with Crippen molar-refractivity contribution in [3.63, 3.8) is 0 Å². The molecule has 1 aromatic carbocycles. The molecule has 0 unspecified atom stereocenters. The Bertz CT molecular complexity index is 483. The summed E-state index contributed by atoms with van der Waals surface area (Å²) in [5, 5.41) is 8.81. The fourth-order valence-electron chi connectivity index (χ4n) is 1.46. The van der Waals surface area contributed by atoms with Crippen LogP contribution in [0.1, 0.15) is 33.5 Å². The molecule has 90 valence electrons. The van der Waals surface area contributed by atoms with Crippen LogP contribution in [0.25, 0.3) is 0 Å². The fraction of sp³-hybridized carbons (Fsp3) is 0.273. The number of carbonyl (C=O) groups is 1. The van der Waals surface area contributed by atoms with E-state index < -0.39 is 18.0 Å². The summed E-state index contributed by atoms with van der Waals surface area (Å²) in [5.41, 5.74) is -0.432. The van der Waals surface area contributed by atoms with E-state index in [2.05, 4.69) is 20.7 Å². The maximum atomic E-state index is 12.9. The average molecular weight is 304 g/mol. The van der Waals surface area contributed by atoms with E-state index in [1.807, 2.05) is 0 Å². The minimum atomic E-state index is -2.82. The lowest BCUT2D eigenvalue weighted by Crippen LogP contribution is -2.09. The van der Waals surface area contributed by atoms with Crippen molar-refractivity contribution in [1.29, 1.82) is 5.26 Å². The summed E-state index contributed by atoms with van der Waals surface area (Å²) < 4.78 is 30.3. The SMILES string of the molecule is COC(=O)c1ccc(C#N)c(C(F)F)c1CBr. The number of benzene rings is 1. The first-order valence-electron chi connectivity index (χ1n) is 4.55. The Morgan fingerprint density at radius 2 is 2.24 bits per heavy atom. The molecule has 0 fully saturated rings. The van der Waals surface area contributed by atoms with Crippen LogP contribution >= 0.6 is 15.9 Å². The molecule has 0 aliphatic heterocycles. The summed E-state index contributed by atoms with van der Waals surface area (Å²) in [6.07, 6.45) is -2.82. The highest BCUT2D eigenvalue weighted by atomic mass is 79.9. The van der Waals surface area contributed by atoms with Crippen molar-refractivity contribution in [2.75, 3.05) is 7.11 Å². The standard InChI is InChI=1S/C11H8BrF2NO2/c1-17-11(16)7-3-2-6(5-15)9(10(13)14)8(7)4-12/h2-3,10H,4H2,1H3. The number of rotatable bonds is 3. The van der Waals surface area contributed by atoms with Crippen LogP contribution in [0.3, 0.4) is 0 Å². The monoisotopic (exact) mass is 303 g/mol. The predicted octanol–water partition coefficient (Wildman–Crippen LogP) is 3.18. The predicted molar refractivity (Wildman–Crippen MR) is 60.1 cm³/mol. The highest BCUT2D eigenvalue weighted by Crippen LogP contribution is 2.30. The van der Waals surface area contributed by atoms with Crippen LogP contribution in [0.4, 0.5) is 8.78 Å². The lowest BCUT2D eigenvalue weighted by molar-refractivity contribution is 0.0599. The zero-order chi connectivity index (χ0) is 13.0. The molecule has 1 aromatic rings. The second kappa shape index (κ2) is 5.73. The maximum absolute atomic E-state index is 12.9. The number of halogens is 3. The van der Waals surface area contributed by atoms with Crippen LogP contribution in [0.5, 0.6) is 0 Å². The van der Waals surface area contributed by atoms with Gasteiger partial charge in [0.2, 0.25) is 0 Å².